The fraction of sp³-hybridized carbons (Fsp3) is 0.562. The van der Waals surface area contributed by atoms with Crippen LogP contribution in [0.4, 0.5) is 4.39 Å². The zero-order chi connectivity index (χ0) is 15.9. The highest BCUT2D eigenvalue weighted by Gasteiger charge is 2.24. The average molecular weight is 362 g/mol. The van der Waals surface area contributed by atoms with E-state index in [0.717, 1.165) is 37.4 Å². The molecule has 0 bridgehead atoms. The number of hydrogen-bond donors (Lipinski definition) is 1. The van der Waals surface area contributed by atoms with Crippen molar-refractivity contribution in [2.45, 2.75) is 19.0 Å². The van der Waals surface area contributed by atoms with Crippen molar-refractivity contribution >= 4 is 30.1 Å². The van der Waals surface area contributed by atoms with Crippen molar-refractivity contribution in [1.29, 1.82) is 0 Å². The highest BCUT2D eigenvalue weighted by atomic mass is 35.5. The minimum atomic E-state index is -0.387. The van der Waals surface area contributed by atoms with Crippen LogP contribution in [0, 0.1) is 5.82 Å². The van der Waals surface area contributed by atoms with E-state index >= 15 is 0 Å². The van der Waals surface area contributed by atoms with Crippen LogP contribution < -0.4 is 5.73 Å². The van der Waals surface area contributed by atoms with Crippen molar-refractivity contribution in [2.75, 3.05) is 38.2 Å². The second kappa shape index (κ2) is 10.1. The maximum atomic E-state index is 13.2. The number of benzene rings is 1. The van der Waals surface area contributed by atoms with Gasteiger partial charge in [0.2, 0.25) is 5.91 Å². The molecule has 0 aromatic heterocycles. The van der Waals surface area contributed by atoms with E-state index in [1.165, 1.54) is 6.07 Å². The summed E-state index contributed by atoms with van der Waals surface area (Å²) in [5.74, 6) is 0.762. The minimum Gasteiger partial charge on any atom is -0.339 e. The van der Waals surface area contributed by atoms with Gasteiger partial charge in [0, 0.05) is 32.7 Å². The molecule has 1 atom stereocenters. The molecule has 1 aliphatic rings. The Morgan fingerprint density at radius 3 is 2.65 bits per heavy atom. The molecule has 4 nitrogen and oxygen atoms in total. The van der Waals surface area contributed by atoms with Gasteiger partial charge in [-0.3, -0.25) is 9.69 Å². The van der Waals surface area contributed by atoms with E-state index in [2.05, 4.69) is 4.90 Å². The molecular weight excluding hydrogens is 337 g/mol. The minimum absolute atomic E-state index is 0. The molecule has 1 aromatic carbocycles. The second-order valence-electron chi connectivity index (χ2n) is 5.62. The first-order valence-corrected chi connectivity index (χ1v) is 8.99. The molecule has 0 spiro atoms. The maximum absolute atomic E-state index is 13.2. The molecule has 130 valence electrons. The molecule has 1 saturated heterocycles. The van der Waals surface area contributed by atoms with Gasteiger partial charge in [-0.15, -0.1) is 12.4 Å². The van der Waals surface area contributed by atoms with Gasteiger partial charge < -0.3 is 10.6 Å². The molecule has 1 aromatic rings. The fourth-order valence-electron chi connectivity index (χ4n) is 2.62. The van der Waals surface area contributed by atoms with Gasteiger partial charge in [-0.25, -0.2) is 4.39 Å². The Hall–Kier alpha value is -0.820. The van der Waals surface area contributed by atoms with Gasteiger partial charge in [-0.05, 0) is 36.1 Å². The zero-order valence-corrected chi connectivity index (χ0v) is 15.0. The molecule has 0 saturated carbocycles. The molecule has 0 aliphatic carbocycles. The molecule has 1 amide bonds. The summed E-state index contributed by atoms with van der Waals surface area (Å²) in [5, 5.41) is 0. The van der Waals surface area contributed by atoms with E-state index in [9.17, 15) is 9.18 Å². The van der Waals surface area contributed by atoms with Gasteiger partial charge in [0.25, 0.3) is 0 Å². The summed E-state index contributed by atoms with van der Waals surface area (Å²) < 4.78 is 13.2. The van der Waals surface area contributed by atoms with Crippen LogP contribution in [-0.4, -0.2) is 59.9 Å². The Morgan fingerprint density at radius 1 is 1.35 bits per heavy atom. The lowest BCUT2D eigenvalue weighted by Crippen LogP contribution is -2.53. The number of amides is 1. The summed E-state index contributed by atoms with van der Waals surface area (Å²) in [5.41, 5.74) is 6.92. The lowest BCUT2D eigenvalue weighted by atomic mass is 10.1. The highest BCUT2D eigenvalue weighted by molar-refractivity contribution is 7.98. The third kappa shape index (κ3) is 6.30. The summed E-state index contributed by atoms with van der Waals surface area (Å²) in [6, 6.07) is 6.29. The Bertz CT molecular complexity index is 498. The SMILES string of the molecule is CSCCC(N)C(=O)N1CCN(Cc2cccc(F)c2)CC1.Cl. The van der Waals surface area contributed by atoms with E-state index in [4.69, 9.17) is 5.73 Å². The number of nitrogens with zero attached hydrogens (tertiary/aromatic N) is 2. The monoisotopic (exact) mass is 361 g/mol. The first-order valence-electron chi connectivity index (χ1n) is 7.60. The molecule has 1 heterocycles. The molecular formula is C16H25ClFN3OS. The van der Waals surface area contributed by atoms with Crippen molar-refractivity contribution in [3.8, 4) is 0 Å². The van der Waals surface area contributed by atoms with Crippen LogP contribution in [0.3, 0.4) is 0 Å². The summed E-state index contributed by atoms with van der Waals surface area (Å²) in [6.45, 7) is 3.72. The molecule has 1 fully saturated rings. The van der Waals surface area contributed by atoms with E-state index in [-0.39, 0.29) is 30.2 Å². The summed E-state index contributed by atoms with van der Waals surface area (Å²) >= 11 is 1.71. The third-order valence-corrected chi connectivity index (χ3v) is 4.57. The Balaban J connectivity index is 0.00000264. The maximum Gasteiger partial charge on any atom is 0.239 e. The van der Waals surface area contributed by atoms with Crippen LogP contribution in [-0.2, 0) is 11.3 Å². The molecule has 1 unspecified atom stereocenters. The van der Waals surface area contributed by atoms with Gasteiger partial charge in [-0.2, -0.15) is 11.8 Å². The van der Waals surface area contributed by atoms with Crippen LogP contribution in [0.15, 0.2) is 24.3 Å². The van der Waals surface area contributed by atoms with Crippen LogP contribution in [0.1, 0.15) is 12.0 Å². The number of carbonyl (C=O) groups is 1. The molecule has 0 radical (unpaired) electrons. The third-order valence-electron chi connectivity index (χ3n) is 3.93. The number of rotatable bonds is 6. The number of halogens is 2. The number of piperazine rings is 1. The molecule has 2 rings (SSSR count). The zero-order valence-electron chi connectivity index (χ0n) is 13.4. The van der Waals surface area contributed by atoms with Gasteiger partial charge in [0.15, 0.2) is 0 Å². The van der Waals surface area contributed by atoms with Crippen LogP contribution in [0.5, 0.6) is 0 Å². The number of nitrogens with two attached hydrogens (primary N) is 1. The van der Waals surface area contributed by atoms with Gasteiger partial charge >= 0.3 is 0 Å². The Kier molecular flexibility index (Phi) is 8.91. The van der Waals surface area contributed by atoms with Crippen molar-refractivity contribution < 1.29 is 9.18 Å². The van der Waals surface area contributed by atoms with E-state index in [0.29, 0.717) is 13.1 Å². The van der Waals surface area contributed by atoms with Crippen molar-refractivity contribution in [1.82, 2.24) is 9.80 Å². The van der Waals surface area contributed by atoms with Gasteiger partial charge in [-0.1, -0.05) is 12.1 Å². The molecule has 1 aliphatic heterocycles. The summed E-state index contributed by atoms with van der Waals surface area (Å²) in [4.78, 5) is 16.3. The van der Waals surface area contributed by atoms with Gasteiger partial charge in [0.05, 0.1) is 6.04 Å². The lowest BCUT2D eigenvalue weighted by Gasteiger charge is -2.36. The largest absolute Gasteiger partial charge is 0.339 e. The highest BCUT2D eigenvalue weighted by Crippen LogP contribution is 2.11. The summed E-state index contributed by atoms with van der Waals surface area (Å²) in [6.07, 6.45) is 2.74. The quantitative estimate of drug-likeness (QED) is 0.841. The average Bonchev–Trinajstić information content (AvgIpc) is 2.52. The number of thioether (sulfide) groups is 1. The van der Waals surface area contributed by atoms with E-state index in [1.54, 1.807) is 23.9 Å². The predicted octanol–water partition coefficient (Wildman–Crippen LogP) is 1.97. The van der Waals surface area contributed by atoms with Gasteiger partial charge in [0.1, 0.15) is 5.82 Å². The second-order valence-corrected chi connectivity index (χ2v) is 6.60. The number of carbonyl (C=O) groups excluding carboxylic acids is 1. The van der Waals surface area contributed by atoms with Crippen molar-refractivity contribution in [3.63, 3.8) is 0 Å². The first-order chi connectivity index (χ1) is 10.6. The van der Waals surface area contributed by atoms with Crippen molar-refractivity contribution in [2.24, 2.45) is 5.73 Å². The standard InChI is InChI=1S/C16H24FN3OS.ClH/c1-22-10-5-15(18)16(21)20-8-6-19(7-9-20)12-13-3-2-4-14(17)11-13;/h2-4,11,15H,5-10,12,18H2,1H3;1H. The van der Waals surface area contributed by atoms with E-state index < -0.39 is 0 Å². The number of hydrogen-bond acceptors (Lipinski definition) is 4. The molecule has 2 N–H and O–H groups in total. The smallest absolute Gasteiger partial charge is 0.239 e. The van der Waals surface area contributed by atoms with Crippen LogP contribution in [0.2, 0.25) is 0 Å². The molecule has 23 heavy (non-hydrogen) atoms. The van der Waals surface area contributed by atoms with E-state index in [1.807, 2.05) is 17.2 Å². The fourth-order valence-corrected chi connectivity index (χ4v) is 3.11. The summed E-state index contributed by atoms with van der Waals surface area (Å²) in [7, 11) is 0. The topological polar surface area (TPSA) is 49.6 Å². The van der Waals surface area contributed by atoms with Crippen LogP contribution >= 0.6 is 24.2 Å². The molecule has 7 heteroatoms. The van der Waals surface area contributed by atoms with Crippen molar-refractivity contribution in [3.05, 3.63) is 35.6 Å². The Morgan fingerprint density at radius 2 is 2.04 bits per heavy atom. The normalized spacial score (nSPS) is 16.7. The first kappa shape index (κ1) is 20.2. The Labute approximate surface area is 148 Å². The lowest BCUT2D eigenvalue weighted by molar-refractivity contribution is -0.134. The van der Waals surface area contributed by atoms with Crippen LogP contribution in [0.25, 0.3) is 0 Å². The predicted molar refractivity (Wildman–Crippen MR) is 96.5 cm³/mol.